The second-order valence-corrected chi connectivity index (χ2v) is 4.03. The third-order valence-electron chi connectivity index (χ3n) is 2.29. The highest BCUT2D eigenvalue weighted by Gasteiger charge is 2.31. The summed E-state index contributed by atoms with van der Waals surface area (Å²) in [6.07, 6.45) is -3.04. The molecule has 0 aliphatic rings. The maximum atomic E-state index is 13.0. The first-order valence-corrected chi connectivity index (χ1v) is 4.74. The number of nitrogens with zero attached hydrogens (tertiary/aromatic N) is 1. The maximum absolute atomic E-state index is 13.0. The van der Waals surface area contributed by atoms with Gasteiger partial charge in [0.1, 0.15) is 0 Å². The van der Waals surface area contributed by atoms with Crippen LogP contribution in [-0.2, 0) is 6.42 Å². The largest absolute Gasteiger partial charge is 0.320 e. The number of nitrogens with two attached hydrogens (primary N) is 1. The number of benzene rings is 1. The first-order chi connectivity index (χ1) is 7.74. The summed E-state index contributed by atoms with van der Waals surface area (Å²) >= 11 is 0. The fraction of sp³-hybridized carbons (Fsp3) is 0.400. The minimum absolute atomic E-state index is 0.198. The van der Waals surface area contributed by atoms with Crippen LogP contribution in [0.3, 0.4) is 0 Å². The standard InChI is InChI=1S/C10H11F3N2O2/c1-10(14,9(12)13)5-6-2-3-7(11)8(4-6)15(16)17/h2-4,9H,5,14H2,1H3. The lowest BCUT2D eigenvalue weighted by molar-refractivity contribution is -0.387. The average molecular weight is 248 g/mol. The van der Waals surface area contributed by atoms with Gasteiger partial charge in [0, 0.05) is 6.07 Å². The topological polar surface area (TPSA) is 69.2 Å². The van der Waals surface area contributed by atoms with Crippen molar-refractivity contribution in [2.45, 2.75) is 25.3 Å². The van der Waals surface area contributed by atoms with Crippen LogP contribution in [0.1, 0.15) is 12.5 Å². The van der Waals surface area contributed by atoms with E-state index in [0.29, 0.717) is 0 Å². The Morgan fingerprint density at radius 2 is 2.12 bits per heavy atom. The summed E-state index contributed by atoms with van der Waals surface area (Å²) in [6.45, 7) is 1.13. The molecule has 0 spiro atoms. The van der Waals surface area contributed by atoms with Crippen LogP contribution >= 0.6 is 0 Å². The van der Waals surface area contributed by atoms with Crippen molar-refractivity contribution in [1.29, 1.82) is 0 Å². The van der Waals surface area contributed by atoms with Gasteiger partial charge in [0.05, 0.1) is 10.5 Å². The Hall–Kier alpha value is -1.63. The summed E-state index contributed by atoms with van der Waals surface area (Å²) < 4.78 is 38.0. The Kier molecular flexibility index (Phi) is 3.72. The van der Waals surface area contributed by atoms with Crippen molar-refractivity contribution in [2.75, 3.05) is 0 Å². The Bertz CT molecular complexity index is 436. The van der Waals surface area contributed by atoms with Gasteiger partial charge >= 0.3 is 5.69 Å². The van der Waals surface area contributed by atoms with Gasteiger partial charge in [-0.3, -0.25) is 10.1 Å². The molecule has 1 unspecified atom stereocenters. The quantitative estimate of drug-likeness (QED) is 0.656. The summed E-state index contributed by atoms with van der Waals surface area (Å²) in [5, 5.41) is 10.5. The molecule has 0 aliphatic carbocycles. The summed E-state index contributed by atoms with van der Waals surface area (Å²) in [7, 11) is 0. The van der Waals surface area contributed by atoms with E-state index < -0.39 is 28.4 Å². The molecule has 1 atom stereocenters. The average Bonchev–Trinajstić information content (AvgIpc) is 2.20. The van der Waals surface area contributed by atoms with E-state index >= 15 is 0 Å². The van der Waals surface area contributed by atoms with Crippen molar-refractivity contribution in [3.63, 3.8) is 0 Å². The molecular formula is C10H11F3N2O2. The Morgan fingerprint density at radius 3 is 2.59 bits per heavy atom. The first kappa shape index (κ1) is 13.4. The molecule has 0 fully saturated rings. The summed E-state index contributed by atoms with van der Waals surface area (Å²) in [4.78, 5) is 9.55. The molecule has 7 heteroatoms. The smallest absolute Gasteiger partial charge is 0.305 e. The molecule has 0 saturated heterocycles. The van der Waals surface area contributed by atoms with Crippen LogP contribution in [0.25, 0.3) is 0 Å². The zero-order chi connectivity index (χ0) is 13.2. The van der Waals surface area contributed by atoms with Gasteiger partial charge < -0.3 is 5.73 Å². The fourth-order valence-corrected chi connectivity index (χ4v) is 1.33. The number of nitro groups is 1. The second kappa shape index (κ2) is 4.70. The molecule has 4 nitrogen and oxygen atoms in total. The molecule has 2 N–H and O–H groups in total. The van der Waals surface area contributed by atoms with Gasteiger partial charge in [0.25, 0.3) is 6.43 Å². The molecule has 0 aromatic heterocycles. The van der Waals surface area contributed by atoms with E-state index in [-0.39, 0.29) is 12.0 Å². The molecule has 1 rings (SSSR count). The molecule has 0 radical (unpaired) electrons. The van der Waals surface area contributed by atoms with Crippen LogP contribution in [0.4, 0.5) is 18.9 Å². The van der Waals surface area contributed by atoms with Crippen LogP contribution in [0.2, 0.25) is 0 Å². The molecule has 0 bridgehead atoms. The summed E-state index contributed by atoms with van der Waals surface area (Å²) in [5.41, 5.74) is 3.00. The summed E-state index contributed by atoms with van der Waals surface area (Å²) in [6, 6.07) is 2.99. The van der Waals surface area contributed by atoms with Crippen molar-refractivity contribution < 1.29 is 18.1 Å². The molecule has 1 aromatic rings. The number of alkyl halides is 2. The second-order valence-electron chi connectivity index (χ2n) is 4.03. The SMILES string of the molecule is CC(N)(Cc1ccc(F)c([N+](=O)[O-])c1)C(F)F. The predicted molar refractivity (Wildman–Crippen MR) is 55.4 cm³/mol. The van der Waals surface area contributed by atoms with Gasteiger partial charge in [-0.15, -0.1) is 0 Å². The Labute approximate surface area is 95.4 Å². The third-order valence-corrected chi connectivity index (χ3v) is 2.29. The number of nitro benzene ring substituents is 1. The van der Waals surface area contributed by atoms with E-state index in [1.807, 2.05) is 0 Å². The predicted octanol–water partition coefficient (Wildman–Crippen LogP) is 2.26. The lowest BCUT2D eigenvalue weighted by atomic mass is 9.94. The number of rotatable bonds is 4. The molecule has 0 heterocycles. The van der Waals surface area contributed by atoms with E-state index in [1.54, 1.807) is 0 Å². The molecule has 94 valence electrons. The Balaban J connectivity index is 3.01. The minimum atomic E-state index is -2.77. The monoisotopic (exact) mass is 248 g/mol. The van der Waals surface area contributed by atoms with Gasteiger partial charge in [-0.25, -0.2) is 8.78 Å². The van der Waals surface area contributed by atoms with Crippen molar-refractivity contribution in [1.82, 2.24) is 0 Å². The molecule has 1 aromatic carbocycles. The van der Waals surface area contributed by atoms with Gasteiger partial charge in [0.15, 0.2) is 0 Å². The zero-order valence-corrected chi connectivity index (χ0v) is 8.99. The van der Waals surface area contributed by atoms with E-state index in [1.165, 1.54) is 6.07 Å². The zero-order valence-electron chi connectivity index (χ0n) is 8.99. The van der Waals surface area contributed by atoms with Crippen molar-refractivity contribution in [3.05, 3.63) is 39.7 Å². The van der Waals surface area contributed by atoms with Gasteiger partial charge in [-0.05, 0) is 25.0 Å². The van der Waals surface area contributed by atoms with E-state index in [9.17, 15) is 23.3 Å². The number of hydrogen-bond acceptors (Lipinski definition) is 3. The van der Waals surface area contributed by atoms with Gasteiger partial charge in [-0.1, -0.05) is 6.07 Å². The number of halogens is 3. The Morgan fingerprint density at radius 1 is 1.53 bits per heavy atom. The first-order valence-electron chi connectivity index (χ1n) is 4.74. The lowest BCUT2D eigenvalue weighted by Gasteiger charge is -2.23. The minimum Gasteiger partial charge on any atom is -0.320 e. The van der Waals surface area contributed by atoms with Gasteiger partial charge in [-0.2, -0.15) is 4.39 Å². The highest BCUT2D eigenvalue weighted by atomic mass is 19.3. The van der Waals surface area contributed by atoms with Crippen molar-refractivity contribution in [3.8, 4) is 0 Å². The maximum Gasteiger partial charge on any atom is 0.305 e. The molecule has 0 amide bonds. The van der Waals surface area contributed by atoms with E-state index in [0.717, 1.165) is 19.1 Å². The van der Waals surface area contributed by atoms with Crippen LogP contribution in [-0.4, -0.2) is 16.9 Å². The molecule has 0 aliphatic heterocycles. The van der Waals surface area contributed by atoms with Crippen LogP contribution in [0, 0.1) is 15.9 Å². The lowest BCUT2D eigenvalue weighted by Crippen LogP contribution is -2.45. The summed E-state index contributed by atoms with van der Waals surface area (Å²) in [5.74, 6) is -1.01. The van der Waals surface area contributed by atoms with E-state index in [4.69, 9.17) is 5.73 Å². The van der Waals surface area contributed by atoms with Gasteiger partial charge in [0.2, 0.25) is 5.82 Å². The highest BCUT2D eigenvalue weighted by molar-refractivity contribution is 5.36. The fourth-order valence-electron chi connectivity index (χ4n) is 1.33. The highest BCUT2D eigenvalue weighted by Crippen LogP contribution is 2.23. The molecular weight excluding hydrogens is 237 g/mol. The normalized spacial score (nSPS) is 14.7. The van der Waals surface area contributed by atoms with E-state index in [2.05, 4.69) is 0 Å². The van der Waals surface area contributed by atoms with Crippen molar-refractivity contribution in [2.24, 2.45) is 5.73 Å². The van der Waals surface area contributed by atoms with Crippen LogP contribution < -0.4 is 5.73 Å². The van der Waals surface area contributed by atoms with Crippen LogP contribution in [0.5, 0.6) is 0 Å². The number of hydrogen-bond donors (Lipinski definition) is 1. The molecule has 0 saturated carbocycles. The molecule has 17 heavy (non-hydrogen) atoms. The van der Waals surface area contributed by atoms with Crippen LogP contribution in [0.15, 0.2) is 18.2 Å². The van der Waals surface area contributed by atoms with Crippen molar-refractivity contribution >= 4 is 5.69 Å². The third kappa shape index (κ3) is 3.16.